The van der Waals surface area contributed by atoms with E-state index >= 15 is 0 Å². The van der Waals surface area contributed by atoms with Crippen LogP contribution in [0.1, 0.15) is 50.6 Å². The van der Waals surface area contributed by atoms with Crippen molar-refractivity contribution in [3.8, 4) is 32.8 Å². The van der Waals surface area contributed by atoms with Gasteiger partial charge >= 0.3 is 0 Å². The molecule has 6 nitrogen and oxygen atoms in total. The number of aryl methyl sites for hydroxylation is 3. The number of rotatable bonds is 6. The van der Waals surface area contributed by atoms with Crippen LogP contribution in [0, 0.1) is 13.8 Å². The van der Waals surface area contributed by atoms with E-state index in [-0.39, 0.29) is 5.78 Å². The van der Waals surface area contributed by atoms with Crippen molar-refractivity contribution in [1.29, 1.82) is 0 Å². The third-order valence-corrected chi connectivity index (χ3v) is 8.94. The van der Waals surface area contributed by atoms with Gasteiger partial charge in [0.25, 0.3) is 0 Å². The van der Waals surface area contributed by atoms with Crippen molar-refractivity contribution in [2.45, 2.75) is 53.2 Å². The molecular formula is C35H33ClN4O2S. The molecule has 6 aromatic rings. The lowest BCUT2D eigenvalue weighted by molar-refractivity contribution is -0.138. The average Bonchev–Trinajstić information content (AvgIpc) is 3.54. The largest absolute Gasteiger partial charge is 0.360 e. The molecule has 0 aliphatic rings. The minimum Gasteiger partial charge on any atom is -0.360 e. The third kappa shape index (κ3) is 5.60. The Balaban J connectivity index is 1.55. The van der Waals surface area contributed by atoms with Crippen LogP contribution < -0.4 is 0 Å². The normalized spacial score (nSPS) is 12.7. The van der Waals surface area contributed by atoms with Crippen LogP contribution >= 0.6 is 22.9 Å². The number of thiazole rings is 1. The van der Waals surface area contributed by atoms with E-state index in [2.05, 4.69) is 35.4 Å². The summed E-state index contributed by atoms with van der Waals surface area (Å²) in [7, 11) is 1.95. The molecule has 0 saturated heterocycles. The van der Waals surface area contributed by atoms with Gasteiger partial charge in [0.2, 0.25) is 0 Å². The van der Waals surface area contributed by atoms with Crippen molar-refractivity contribution >= 4 is 49.8 Å². The predicted octanol–water partition coefficient (Wildman–Crippen LogP) is 9.29. The van der Waals surface area contributed by atoms with Gasteiger partial charge in [0.1, 0.15) is 11.1 Å². The van der Waals surface area contributed by atoms with Gasteiger partial charge < -0.3 is 4.74 Å². The fourth-order valence-corrected chi connectivity index (χ4v) is 6.78. The van der Waals surface area contributed by atoms with Crippen LogP contribution in [0.5, 0.6) is 0 Å². The van der Waals surface area contributed by atoms with E-state index in [1.165, 1.54) is 0 Å². The molecule has 0 amide bonds. The number of hydrogen-bond donors (Lipinski definition) is 0. The van der Waals surface area contributed by atoms with Crippen molar-refractivity contribution < 1.29 is 9.53 Å². The Hall–Kier alpha value is -3.91. The lowest BCUT2D eigenvalue weighted by atomic mass is 9.90. The van der Waals surface area contributed by atoms with Gasteiger partial charge in [0.05, 0.1) is 27.5 Å². The maximum atomic E-state index is 13.1. The summed E-state index contributed by atoms with van der Waals surface area (Å²) in [6.45, 7) is 11.5. The third-order valence-electron chi connectivity index (χ3n) is 7.55. The highest BCUT2D eigenvalue weighted by atomic mass is 35.5. The van der Waals surface area contributed by atoms with E-state index in [4.69, 9.17) is 26.3 Å². The summed E-state index contributed by atoms with van der Waals surface area (Å²) in [4.78, 5) is 23.0. The Morgan fingerprint density at radius 3 is 2.40 bits per heavy atom. The highest BCUT2D eigenvalue weighted by molar-refractivity contribution is 7.22. The van der Waals surface area contributed by atoms with Gasteiger partial charge in [0.15, 0.2) is 5.78 Å². The van der Waals surface area contributed by atoms with Crippen LogP contribution in [0.4, 0.5) is 0 Å². The van der Waals surface area contributed by atoms with Gasteiger partial charge in [-0.05, 0) is 94.6 Å². The minimum atomic E-state index is -0.726. The second-order valence-corrected chi connectivity index (χ2v) is 13.4. The van der Waals surface area contributed by atoms with E-state index in [1.54, 1.807) is 18.3 Å². The first-order valence-electron chi connectivity index (χ1n) is 14.2. The zero-order valence-electron chi connectivity index (χ0n) is 25.3. The summed E-state index contributed by atoms with van der Waals surface area (Å²) >= 11 is 7.88. The average molecular weight is 609 g/mol. The molecule has 43 heavy (non-hydrogen) atoms. The summed E-state index contributed by atoms with van der Waals surface area (Å²) in [5.74, 6) is -0.0460. The van der Waals surface area contributed by atoms with Crippen LogP contribution in [0.15, 0.2) is 67.0 Å². The Labute approximate surface area is 260 Å². The van der Waals surface area contributed by atoms with E-state index in [0.29, 0.717) is 5.02 Å². The summed E-state index contributed by atoms with van der Waals surface area (Å²) in [6, 6.07) is 18.3. The lowest BCUT2D eigenvalue weighted by Crippen LogP contribution is -2.27. The van der Waals surface area contributed by atoms with E-state index in [9.17, 15) is 4.79 Å². The zero-order chi connectivity index (χ0) is 30.6. The second kappa shape index (κ2) is 11.0. The highest BCUT2D eigenvalue weighted by Gasteiger charge is 2.30. The topological polar surface area (TPSA) is 69.9 Å². The van der Waals surface area contributed by atoms with Gasteiger partial charge in [-0.15, -0.1) is 11.3 Å². The van der Waals surface area contributed by atoms with Gasteiger partial charge in [-0.1, -0.05) is 29.8 Å². The molecule has 1 atom stereocenters. The molecule has 3 aromatic carbocycles. The molecular weight excluding hydrogens is 576 g/mol. The molecule has 0 radical (unpaired) electrons. The van der Waals surface area contributed by atoms with Crippen molar-refractivity contribution in [2.24, 2.45) is 7.05 Å². The number of ether oxygens (including phenoxy) is 1. The quantitative estimate of drug-likeness (QED) is 0.188. The maximum Gasteiger partial charge on any atom is 0.163 e. The molecule has 0 spiro atoms. The Morgan fingerprint density at radius 1 is 0.977 bits per heavy atom. The first-order valence-corrected chi connectivity index (χ1v) is 15.4. The monoisotopic (exact) mass is 608 g/mol. The first kappa shape index (κ1) is 29.2. The van der Waals surface area contributed by atoms with Gasteiger partial charge in [0, 0.05) is 51.6 Å². The number of ketones is 1. The minimum absolute atomic E-state index is 0.0460. The number of aromatic nitrogens is 4. The molecule has 0 unspecified atom stereocenters. The standard InChI is InChI=1S/C35H33ClN4O2S/c1-19-14-28-33(31(22-8-11-26(36)12-9-22)30(19)32(21(3)41)42-35(4,5)6)43-34(39-28)25-16-27(20(2)37-17-25)23-10-13-29-24(15-23)18-38-40(29)7/h8-18,32H,1-7H3/t32-/m1/s1. The maximum absolute atomic E-state index is 13.1. The van der Waals surface area contributed by atoms with Crippen molar-refractivity contribution in [1.82, 2.24) is 19.7 Å². The number of Topliss-reactive ketones (excluding diaryl/α,β-unsaturated/α-hetero) is 1. The lowest BCUT2D eigenvalue weighted by Gasteiger charge is -2.29. The van der Waals surface area contributed by atoms with E-state index < -0.39 is 11.7 Å². The number of halogens is 1. The molecule has 0 aliphatic heterocycles. The summed E-state index contributed by atoms with van der Waals surface area (Å²) in [5.41, 5.74) is 9.15. The second-order valence-electron chi connectivity index (χ2n) is 12.0. The molecule has 3 aromatic heterocycles. The van der Waals surface area contributed by atoms with Crippen LogP contribution in [0.25, 0.3) is 53.9 Å². The SMILES string of the molecule is CC(=O)[C@@H](OC(C)(C)C)c1c(C)cc2nc(-c3cnc(C)c(-c4ccc5c(cnn5C)c4)c3)sc2c1-c1ccc(Cl)cc1. The van der Waals surface area contributed by atoms with Crippen molar-refractivity contribution in [2.75, 3.05) is 0 Å². The Kier molecular flexibility index (Phi) is 7.45. The number of carbonyl (C=O) groups excluding carboxylic acids is 1. The summed E-state index contributed by atoms with van der Waals surface area (Å²) in [6.07, 6.45) is 3.04. The van der Waals surface area contributed by atoms with Gasteiger partial charge in [-0.25, -0.2) is 4.98 Å². The number of benzene rings is 3. The number of pyridine rings is 1. The molecule has 3 heterocycles. The van der Waals surface area contributed by atoms with Crippen LogP contribution in [0.2, 0.25) is 5.02 Å². The summed E-state index contributed by atoms with van der Waals surface area (Å²) < 4.78 is 9.26. The molecule has 0 bridgehead atoms. The predicted molar refractivity (Wildman–Crippen MR) is 177 cm³/mol. The fourth-order valence-electron chi connectivity index (χ4n) is 5.55. The van der Waals surface area contributed by atoms with Crippen LogP contribution in [-0.2, 0) is 16.6 Å². The highest BCUT2D eigenvalue weighted by Crippen LogP contribution is 2.45. The Bertz CT molecular complexity index is 2020. The summed E-state index contributed by atoms with van der Waals surface area (Å²) in [5, 5.41) is 6.98. The molecule has 6 rings (SSSR count). The first-order chi connectivity index (χ1) is 20.4. The molecule has 218 valence electrons. The zero-order valence-corrected chi connectivity index (χ0v) is 26.9. The van der Waals surface area contributed by atoms with Crippen LogP contribution in [-0.4, -0.2) is 31.1 Å². The van der Waals surface area contributed by atoms with Crippen molar-refractivity contribution in [3.63, 3.8) is 0 Å². The van der Waals surface area contributed by atoms with Gasteiger partial charge in [-0.3, -0.25) is 14.5 Å². The number of nitrogens with zero attached hydrogens (tertiary/aromatic N) is 4. The van der Waals surface area contributed by atoms with E-state index in [0.717, 1.165) is 70.8 Å². The van der Waals surface area contributed by atoms with Crippen LogP contribution in [0.3, 0.4) is 0 Å². The number of fused-ring (bicyclic) bond motifs is 2. The molecule has 0 N–H and O–H groups in total. The molecule has 0 fully saturated rings. The van der Waals surface area contributed by atoms with Gasteiger partial charge in [-0.2, -0.15) is 5.10 Å². The molecule has 0 aliphatic carbocycles. The molecule has 8 heteroatoms. The smallest absolute Gasteiger partial charge is 0.163 e. The number of carbonyl (C=O) groups is 1. The fraction of sp³-hybridized carbons (Fsp3) is 0.257. The Morgan fingerprint density at radius 2 is 1.70 bits per heavy atom. The van der Waals surface area contributed by atoms with E-state index in [1.807, 2.05) is 83.0 Å². The number of hydrogen-bond acceptors (Lipinski definition) is 6. The molecule has 0 saturated carbocycles. The van der Waals surface area contributed by atoms with Crippen molar-refractivity contribution in [3.05, 3.63) is 88.8 Å².